The molecule has 1 saturated carbocycles. The first-order chi connectivity index (χ1) is 10.2. The highest BCUT2D eigenvalue weighted by atomic mass is 32.1. The van der Waals surface area contributed by atoms with Crippen LogP contribution < -0.4 is 5.32 Å². The van der Waals surface area contributed by atoms with Gasteiger partial charge in [0.05, 0.1) is 5.56 Å². The van der Waals surface area contributed by atoms with Crippen molar-refractivity contribution in [3.63, 3.8) is 0 Å². The third kappa shape index (κ3) is 3.39. The van der Waals surface area contributed by atoms with Crippen molar-refractivity contribution in [2.24, 2.45) is 0 Å². The van der Waals surface area contributed by atoms with Gasteiger partial charge >= 0.3 is 5.97 Å². The molecule has 21 heavy (non-hydrogen) atoms. The van der Waals surface area contributed by atoms with Gasteiger partial charge in [0.2, 0.25) is 5.13 Å². The Balaban J connectivity index is 1.58. The normalized spacial score (nSPS) is 15.2. The predicted octanol–water partition coefficient (Wildman–Crippen LogP) is 3.51. The molecule has 0 spiro atoms. The number of anilines is 1. The Morgan fingerprint density at radius 3 is 2.67 bits per heavy atom. The largest absolute Gasteiger partial charge is 0.478 e. The smallest absolute Gasteiger partial charge is 0.335 e. The number of benzene rings is 1. The van der Waals surface area contributed by atoms with Gasteiger partial charge < -0.3 is 10.4 Å². The van der Waals surface area contributed by atoms with E-state index in [1.54, 1.807) is 12.1 Å². The second-order valence-corrected chi connectivity index (χ2v) is 6.05. The van der Waals surface area contributed by atoms with E-state index in [-0.39, 0.29) is 0 Å². The average Bonchev–Trinajstić information content (AvgIpc) is 3.16. The van der Waals surface area contributed by atoms with Gasteiger partial charge in [-0.25, -0.2) is 9.78 Å². The first-order valence-electron chi connectivity index (χ1n) is 7.12. The second kappa shape index (κ2) is 6.22. The van der Waals surface area contributed by atoms with Crippen LogP contribution in [0.15, 0.2) is 24.3 Å². The van der Waals surface area contributed by atoms with Crippen molar-refractivity contribution >= 4 is 22.6 Å². The van der Waals surface area contributed by atoms with Crippen molar-refractivity contribution < 1.29 is 9.90 Å². The van der Waals surface area contributed by atoms with Crippen LogP contribution in [0.1, 0.15) is 53.3 Å². The molecule has 0 aliphatic heterocycles. The number of carboxylic acid groups (broad SMARTS) is 1. The molecule has 0 saturated heterocycles. The van der Waals surface area contributed by atoms with E-state index in [0.717, 1.165) is 16.5 Å². The molecular formula is C15H17N3O2S. The molecule has 1 aliphatic carbocycles. The minimum atomic E-state index is -0.903. The van der Waals surface area contributed by atoms with Crippen molar-refractivity contribution in [1.29, 1.82) is 0 Å². The van der Waals surface area contributed by atoms with E-state index in [2.05, 4.69) is 14.7 Å². The SMILES string of the molecule is O=C(O)c1ccc(CNc2nc(C3CCCC3)ns2)cc1. The number of hydrogen-bond acceptors (Lipinski definition) is 5. The van der Waals surface area contributed by atoms with Crippen LogP contribution in [0.2, 0.25) is 0 Å². The van der Waals surface area contributed by atoms with Gasteiger partial charge in [-0.1, -0.05) is 25.0 Å². The van der Waals surface area contributed by atoms with Gasteiger partial charge in [-0.05, 0) is 30.5 Å². The number of nitrogens with zero attached hydrogens (tertiary/aromatic N) is 2. The molecule has 110 valence electrons. The predicted molar refractivity (Wildman–Crippen MR) is 81.8 cm³/mol. The summed E-state index contributed by atoms with van der Waals surface area (Å²) >= 11 is 1.40. The molecular weight excluding hydrogens is 286 g/mol. The van der Waals surface area contributed by atoms with Crippen LogP contribution in [-0.2, 0) is 6.54 Å². The third-order valence-corrected chi connectivity index (χ3v) is 4.49. The van der Waals surface area contributed by atoms with Crippen LogP contribution in [0.4, 0.5) is 5.13 Å². The summed E-state index contributed by atoms with van der Waals surface area (Å²) in [5.41, 5.74) is 1.33. The number of carbonyl (C=O) groups is 1. The Bertz CT molecular complexity index is 618. The number of nitrogens with one attached hydrogen (secondary N) is 1. The maximum atomic E-state index is 10.8. The average molecular weight is 303 g/mol. The van der Waals surface area contributed by atoms with E-state index >= 15 is 0 Å². The highest BCUT2D eigenvalue weighted by Crippen LogP contribution is 2.33. The Labute approximate surface area is 127 Å². The zero-order chi connectivity index (χ0) is 14.7. The van der Waals surface area contributed by atoms with Crippen LogP contribution in [0.25, 0.3) is 0 Å². The molecule has 3 rings (SSSR count). The van der Waals surface area contributed by atoms with Crippen LogP contribution in [0, 0.1) is 0 Å². The molecule has 6 heteroatoms. The zero-order valence-corrected chi connectivity index (χ0v) is 12.4. The molecule has 2 N–H and O–H groups in total. The summed E-state index contributed by atoms with van der Waals surface area (Å²) in [6.45, 7) is 0.624. The minimum absolute atomic E-state index is 0.304. The van der Waals surface area contributed by atoms with Crippen LogP contribution in [0.5, 0.6) is 0 Å². The van der Waals surface area contributed by atoms with E-state index < -0.39 is 5.97 Å². The lowest BCUT2D eigenvalue weighted by Crippen LogP contribution is -2.01. The number of rotatable bonds is 5. The monoisotopic (exact) mass is 303 g/mol. The maximum Gasteiger partial charge on any atom is 0.335 e. The minimum Gasteiger partial charge on any atom is -0.478 e. The summed E-state index contributed by atoms with van der Waals surface area (Å²) in [6, 6.07) is 6.86. The summed E-state index contributed by atoms with van der Waals surface area (Å²) in [4.78, 5) is 15.3. The van der Waals surface area contributed by atoms with Gasteiger partial charge in [0.15, 0.2) is 0 Å². The number of hydrogen-bond donors (Lipinski definition) is 2. The lowest BCUT2D eigenvalue weighted by Gasteiger charge is -2.04. The van der Waals surface area contributed by atoms with Crippen molar-refractivity contribution in [1.82, 2.24) is 9.36 Å². The summed E-state index contributed by atoms with van der Waals surface area (Å²) in [6.07, 6.45) is 4.96. The van der Waals surface area contributed by atoms with Crippen LogP contribution >= 0.6 is 11.5 Å². The molecule has 0 bridgehead atoms. The summed E-state index contributed by atoms with van der Waals surface area (Å²) in [5.74, 6) is 0.604. The van der Waals surface area contributed by atoms with Crippen molar-refractivity contribution in [3.8, 4) is 0 Å². The summed E-state index contributed by atoms with van der Waals surface area (Å²) < 4.78 is 4.44. The summed E-state index contributed by atoms with van der Waals surface area (Å²) in [7, 11) is 0. The lowest BCUT2D eigenvalue weighted by atomic mass is 10.1. The third-order valence-electron chi connectivity index (χ3n) is 3.81. The Morgan fingerprint density at radius 2 is 2.00 bits per heavy atom. The van der Waals surface area contributed by atoms with E-state index in [1.165, 1.54) is 37.2 Å². The standard InChI is InChI=1S/C15H17N3O2S/c19-14(20)12-7-5-10(6-8-12)9-16-15-17-13(18-21-15)11-3-1-2-4-11/h5-8,11H,1-4,9H2,(H,19,20)(H,16,17,18). The molecule has 0 atom stereocenters. The number of aromatic carboxylic acids is 1. The van der Waals surface area contributed by atoms with Crippen molar-refractivity contribution in [2.45, 2.75) is 38.1 Å². The molecule has 1 aromatic heterocycles. The summed E-state index contributed by atoms with van der Waals surface area (Å²) in [5, 5.41) is 12.9. The van der Waals surface area contributed by atoms with E-state index in [4.69, 9.17) is 5.11 Å². The van der Waals surface area contributed by atoms with Gasteiger partial charge in [-0.3, -0.25) is 0 Å². The topological polar surface area (TPSA) is 75.1 Å². The molecule has 2 aromatic rings. The van der Waals surface area contributed by atoms with E-state index in [1.807, 2.05) is 12.1 Å². The van der Waals surface area contributed by atoms with Gasteiger partial charge in [0, 0.05) is 24.0 Å². The molecule has 1 fully saturated rings. The highest BCUT2D eigenvalue weighted by molar-refractivity contribution is 7.09. The van der Waals surface area contributed by atoms with Crippen LogP contribution in [-0.4, -0.2) is 20.4 Å². The zero-order valence-electron chi connectivity index (χ0n) is 11.6. The first kappa shape index (κ1) is 14.0. The van der Waals surface area contributed by atoms with Crippen molar-refractivity contribution in [2.75, 3.05) is 5.32 Å². The molecule has 5 nitrogen and oxygen atoms in total. The van der Waals surface area contributed by atoms with Gasteiger partial charge in [0.1, 0.15) is 5.82 Å². The first-order valence-corrected chi connectivity index (χ1v) is 7.89. The Hall–Kier alpha value is -1.95. The van der Waals surface area contributed by atoms with Gasteiger partial charge in [-0.2, -0.15) is 4.37 Å². The fraction of sp³-hybridized carbons (Fsp3) is 0.400. The quantitative estimate of drug-likeness (QED) is 0.884. The highest BCUT2D eigenvalue weighted by Gasteiger charge is 2.21. The molecule has 1 heterocycles. The number of carboxylic acids is 1. The molecule has 0 amide bonds. The fourth-order valence-corrected chi connectivity index (χ4v) is 3.24. The van der Waals surface area contributed by atoms with E-state index in [9.17, 15) is 4.79 Å². The molecule has 0 unspecified atom stereocenters. The Kier molecular flexibility index (Phi) is 4.15. The fourth-order valence-electron chi connectivity index (χ4n) is 2.60. The molecule has 1 aliphatic rings. The maximum absolute atomic E-state index is 10.8. The molecule has 1 aromatic carbocycles. The van der Waals surface area contributed by atoms with Crippen molar-refractivity contribution in [3.05, 3.63) is 41.2 Å². The van der Waals surface area contributed by atoms with Crippen LogP contribution in [0.3, 0.4) is 0 Å². The molecule has 0 radical (unpaired) electrons. The second-order valence-electron chi connectivity index (χ2n) is 5.29. The lowest BCUT2D eigenvalue weighted by molar-refractivity contribution is 0.0697. The van der Waals surface area contributed by atoms with Gasteiger partial charge in [-0.15, -0.1) is 0 Å². The number of aromatic nitrogens is 2. The van der Waals surface area contributed by atoms with Gasteiger partial charge in [0.25, 0.3) is 0 Å². The van der Waals surface area contributed by atoms with E-state index in [0.29, 0.717) is 18.0 Å². The Morgan fingerprint density at radius 1 is 1.29 bits per heavy atom.